The maximum absolute atomic E-state index is 9.72. The van der Waals surface area contributed by atoms with E-state index in [1.54, 1.807) is 0 Å². The molecule has 1 aliphatic carbocycles. The van der Waals surface area contributed by atoms with Gasteiger partial charge in [0.1, 0.15) is 5.75 Å². The number of halogens is 1. The lowest BCUT2D eigenvalue weighted by Gasteiger charge is -2.37. The summed E-state index contributed by atoms with van der Waals surface area (Å²) >= 11 is 6.18. The third-order valence-corrected chi connectivity index (χ3v) is 7.55. The Kier molecular flexibility index (Phi) is 6.77. The molecule has 176 valence electrons. The van der Waals surface area contributed by atoms with Crippen molar-refractivity contribution in [3.8, 4) is 16.9 Å². The van der Waals surface area contributed by atoms with Crippen molar-refractivity contribution in [3.63, 3.8) is 0 Å². The molecule has 1 atom stereocenters. The quantitative estimate of drug-likeness (QED) is 0.415. The Morgan fingerprint density at radius 1 is 0.939 bits per heavy atom. The third kappa shape index (κ3) is 5.21. The number of nitrogens with two attached hydrogens (primary N) is 1. The largest absolute Gasteiger partial charge is 0.490 e. The summed E-state index contributed by atoms with van der Waals surface area (Å²) in [5, 5.41) is 12.6. The minimum Gasteiger partial charge on any atom is -0.490 e. The Bertz CT molecular complexity index is 1110. The fourth-order valence-electron chi connectivity index (χ4n) is 5.00. The number of hydrogen-bond donors (Lipinski definition) is 2. The summed E-state index contributed by atoms with van der Waals surface area (Å²) in [7, 11) is 0. The molecular weight excluding hydrogens is 430 g/mol. The maximum atomic E-state index is 9.72. The number of hydrogen-bond acceptors (Lipinski definition) is 3. The van der Waals surface area contributed by atoms with Crippen LogP contribution in [0.15, 0.2) is 54.6 Å². The zero-order chi connectivity index (χ0) is 23.8. The molecule has 0 amide bonds. The number of fused-ring (bicyclic) bond motifs is 1. The van der Waals surface area contributed by atoms with E-state index in [4.69, 9.17) is 22.1 Å². The van der Waals surface area contributed by atoms with Crippen LogP contribution in [0.4, 0.5) is 0 Å². The van der Waals surface area contributed by atoms with Gasteiger partial charge < -0.3 is 15.6 Å². The van der Waals surface area contributed by atoms with Crippen LogP contribution in [0.2, 0.25) is 5.02 Å². The van der Waals surface area contributed by atoms with Crippen molar-refractivity contribution in [2.45, 2.75) is 65.0 Å². The minimum atomic E-state index is -0.782. The van der Waals surface area contributed by atoms with E-state index in [2.05, 4.69) is 57.2 Å². The highest BCUT2D eigenvalue weighted by atomic mass is 35.5. The predicted octanol–water partition coefficient (Wildman–Crippen LogP) is 7.31. The highest BCUT2D eigenvalue weighted by Gasteiger charge is 2.31. The normalized spacial score (nSPS) is 21.1. The number of aliphatic hydroxyl groups is 1. The smallest absolute Gasteiger partial charge is 0.128 e. The number of benzene rings is 3. The molecule has 1 saturated carbocycles. The second-order valence-electron chi connectivity index (χ2n) is 10.9. The lowest BCUT2D eigenvalue weighted by molar-refractivity contribution is 0.0887. The molecular formula is C29H36ClNO2. The minimum absolute atomic E-state index is 0.110. The fraction of sp³-hybridized carbons (Fsp3) is 0.448. The fourth-order valence-corrected chi connectivity index (χ4v) is 5.12. The van der Waals surface area contributed by atoms with Crippen molar-refractivity contribution in [2.24, 2.45) is 17.1 Å². The van der Waals surface area contributed by atoms with E-state index in [9.17, 15) is 5.11 Å². The van der Waals surface area contributed by atoms with Gasteiger partial charge in [0.15, 0.2) is 0 Å². The molecule has 4 rings (SSSR count). The van der Waals surface area contributed by atoms with Crippen LogP contribution in [0.1, 0.15) is 58.9 Å². The molecule has 0 saturated heterocycles. The summed E-state index contributed by atoms with van der Waals surface area (Å²) in [5.74, 6) is 1.66. The molecule has 0 spiro atoms. The Balaban J connectivity index is 1.72. The molecule has 0 aliphatic heterocycles. The van der Waals surface area contributed by atoms with E-state index in [-0.39, 0.29) is 12.7 Å². The molecule has 3 aromatic rings. The predicted molar refractivity (Wildman–Crippen MR) is 139 cm³/mol. The van der Waals surface area contributed by atoms with Crippen LogP contribution in [0.25, 0.3) is 21.9 Å². The van der Waals surface area contributed by atoms with Crippen LogP contribution in [0.5, 0.6) is 5.75 Å². The second kappa shape index (κ2) is 9.29. The van der Waals surface area contributed by atoms with E-state index >= 15 is 0 Å². The van der Waals surface area contributed by atoms with Gasteiger partial charge in [0.2, 0.25) is 0 Å². The van der Waals surface area contributed by atoms with Crippen LogP contribution < -0.4 is 10.5 Å². The zero-order valence-corrected chi connectivity index (χ0v) is 21.0. The highest BCUT2D eigenvalue weighted by Crippen LogP contribution is 2.42. The third-order valence-electron chi connectivity index (χ3n) is 7.29. The Morgan fingerprint density at radius 2 is 1.61 bits per heavy atom. The number of rotatable bonds is 5. The maximum Gasteiger partial charge on any atom is 0.128 e. The van der Waals surface area contributed by atoms with Gasteiger partial charge in [-0.15, -0.1) is 0 Å². The lowest BCUT2D eigenvalue weighted by Crippen LogP contribution is -2.36. The molecule has 0 bridgehead atoms. The van der Waals surface area contributed by atoms with E-state index in [0.717, 1.165) is 52.0 Å². The van der Waals surface area contributed by atoms with E-state index < -0.39 is 5.54 Å². The van der Waals surface area contributed by atoms with Gasteiger partial charge in [0.25, 0.3) is 0 Å². The monoisotopic (exact) mass is 465 g/mol. The standard InChI is InChI=1S/C29H36ClNO2/c1-28(2,3)21-8-13-24(14-9-21)33-26-16-7-20-17-22(29(4,31)18-32)10-15-25(20)27(26)19-5-11-23(30)12-6-19/h5-7,10-12,15-17,21,24,32H,8-9,13-14,18,31H2,1-4H3/t21?,24?,29-/m0/s1. The van der Waals surface area contributed by atoms with Crippen molar-refractivity contribution in [2.75, 3.05) is 6.61 Å². The molecule has 3 N–H and O–H groups in total. The average Bonchev–Trinajstić information content (AvgIpc) is 2.79. The molecule has 3 aromatic carbocycles. The average molecular weight is 466 g/mol. The van der Waals surface area contributed by atoms with Gasteiger partial charge in [-0.3, -0.25) is 0 Å². The van der Waals surface area contributed by atoms with E-state index in [1.807, 2.05) is 25.1 Å². The molecule has 3 nitrogen and oxygen atoms in total. The van der Waals surface area contributed by atoms with E-state index in [1.165, 1.54) is 12.8 Å². The Morgan fingerprint density at radius 3 is 2.21 bits per heavy atom. The zero-order valence-electron chi connectivity index (χ0n) is 20.2. The van der Waals surface area contributed by atoms with Gasteiger partial charge in [-0.25, -0.2) is 0 Å². The first-order valence-electron chi connectivity index (χ1n) is 12.0. The first-order valence-corrected chi connectivity index (χ1v) is 12.4. The van der Waals surface area contributed by atoms with E-state index in [0.29, 0.717) is 10.4 Å². The summed E-state index contributed by atoms with van der Waals surface area (Å²) in [6.07, 6.45) is 4.81. The van der Waals surface area contributed by atoms with Crippen LogP contribution in [0, 0.1) is 11.3 Å². The summed E-state index contributed by atoms with van der Waals surface area (Å²) in [6.45, 7) is 8.77. The Labute approximate surface area is 202 Å². The van der Waals surface area contributed by atoms with Crippen LogP contribution in [0.3, 0.4) is 0 Å². The van der Waals surface area contributed by atoms with Crippen LogP contribution >= 0.6 is 11.6 Å². The highest BCUT2D eigenvalue weighted by molar-refractivity contribution is 6.30. The van der Waals surface area contributed by atoms with Crippen LogP contribution in [-0.4, -0.2) is 17.8 Å². The Hall–Kier alpha value is -2.07. The lowest BCUT2D eigenvalue weighted by atomic mass is 9.72. The molecule has 0 aromatic heterocycles. The van der Waals surface area contributed by atoms with Crippen molar-refractivity contribution in [1.29, 1.82) is 0 Å². The molecule has 1 aliphatic rings. The van der Waals surface area contributed by atoms with Crippen molar-refractivity contribution in [1.82, 2.24) is 0 Å². The van der Waals surface area contributed by atoms with Gasteiger partial charge in [-0.05, 0) is 90.1 Å². The van der Waals surface area contributed by atoms with Gasteiger partial charge in [0.05, 0.1) is 18.2 Å². The summed E-state index contributed by atoms with van der Waals surface area (Å²) in [4.78, 5) is 0. The van der Waals surface area contributed by atoms with Gasteiger partial charge in [-0.1, -0.05) is 62.7 Å². The van der Waals surface area contributed by atoms with Crippen LogP contribution in [-0.2, 0) is 5.54 Å². The second-order valence-corrected chi connectivity index (χ2v) is 11.4. The summed E-state index contributed by atoms with van der Waals surface area (Å²) in [6, 6.07) is 18.3. The van der Waals surface area contributed by atoms with Gasteiger partial charge >= 0.3 is 0 Å². The van der Waals surface area contributed by atoms with Crippen molar-refractivity contribution < 1.29 is 9.84 Å². The SMILES string of the molecule is CC(C)(C)C1CCC(Oc2ccc3cc([C@@](C)(N)CO)ccc3c2-c2ccc(Cl)cc2)CC1. The molecule has 0 radical (unpaired) electrons. The van der Waals surface area contributed by atoms with Crippen molar-refractivity contribution >= 4 is 22.4 Å². The van der Waals surface area contributed by atoms with Crippen molar-refractivity contribution in [3.05, 3.63) is 65.2 Å². The summed E-state index contributed by atoms with van der Waals surface area (Å²) < 4.78 is 6.66. The molecule has 4 heteroatoms. The summed E-state index contributed by atoms with van der Waals surface area (Å²) in [5.41, 5.74) is 8.94. The number of ether oxygens (including phenoxy) is 1. The topological polar surface area (TPSA) is 55.5 Å². The first kappa shape index (κ1) is 24.1. The first-order chi connectivity index (χ1) is 15.6. The van der Waals surface area contributed by atoms with Gasteiger partial charge in [-0.2, -0.15) is 0 Å². The molecule has 33 heavy (non-hydrogen) atoms. The molecule has 0 unspecified atom stereocenters. The number of aliphatic hydroxyl groups excluding tert-OH is 1. The van der Waals surface area contributed by atoms with Gasteiger partial charge in [0, 0.05) is 10.6 Å². The molecule has 0 heterocycles. The molecule has 1 fully saturated rings.